The topological polar surface area (TPSA) is 91.8 Å². The van der Waals surface area contributed by atoms with Gasteiger partial charge in [-0.05, 0) is 62.7 Å². The highest BCUT2D eigenvalue weighted by atomic mass is 35.5. The van der Waals surface area contributed by atoms with Crippen LogP contribution in [-0.2, 0) is 4.79 Å². The Morgan fingerprint density at radius 1 is 1.05 bits per heavy atom. The largest absolute Gasteiger partial charge is 0.492 e. The molecule has 40 heavy (non-hydrogen) atoms. The van der Waals surface area contributed by atoms with Gasteiger partial charge in [-0.15, -0.1) is 0 Å². The van der Waals surface area contributed by atoms with Crippen LogP contribution in [0.2, 0.25) is 10.0 Å². The quantitative estimate of drug-likeness (QED) is 0.208. The smallest absolute Gasteiger partial charge is 0.305 e. The van der Waals surface area contributed by atoms with Gasteiger partial charge in [0.25, 0.3) is 5.91 Å². The van der Waals surface area contributed by atoms with E-state index in [1.54, 1.807) is 18.2 Å². The SMILES string of the molecule is CCC(C)(C)[C@H](CC(=O)O)NC(=O)c1ccc(-c2ccccc2Cl)c(-c2ccc(Cl)c(OCCCN(C)C)c2)n1. The fourth-order valence-electron chi connectivity index (χ4n) is 4.20. The molecule has 1 heterocycles. The first-order valence-electron chi connectivity index (χ1n) is 13.3. The van der Waals surface area contributed by atoms with Gasteiger partial charge in [-0.2, -0.15) is 0 Å². The second kappa shape index (κ2) is 14.0. The second-order valence-electron chi connectivity index (χ2n) is 10.7. The van der Waals surface area contributed by atoms with Crippen LogP contribution in [0.1, 0.15) is 50.5 Å². The van der Waals surface area contributed by atoms with Crippen molar-refractivity contribution in [2.45, 2.75) is 46.1 Å². The monoisotopic (exact) mass is 585 g/mol. The minimum atomic E-state index is -0.978. The molecule has 214 valence electrons. The van der Waals surface area contributed by atoms with Gasteiger partial charge in [-0.1, -0.05) is 68.2 Å². The fourth-order valence-corrected chi connectivity index (χ4v) is 4.61. The Kier molecular flexibility index (Phi) is 11.0. The zero-order chi connectivity index (χ0) is 29.4. The molecule has 0 unspecified atom stereocenters. The van der Waals surface area contributed by atoms with Gasteiger partial charge < -0.3 is 20.1 Å². The Hall–Kier alpha value is -3.13. The number of ether oxygens (including phenoxy) is 1. The third kappa shape index (κ3) is 8.19. The summed E-state index contributed by atoms with van der Waals surface area (Å²) >= 11 is 13.0. The van der Waals surface area contributed by atoms with Crippen molar-refractivity contribution in [2.24, 2.45) is 5.41 Å². The number of carbonyl (C=O) groups excluding carboxylic acids is 1. The minimum absolute atomic E-state index is 0.163. The molecule has 3 rings (SSSR count). The molecule has 0 aliphatic heterocycles. The Labute approximate surface area is 246 Å². The van der Waals surface area contributed by atoms with Crippen LogP contribution < -0.4 is 10.1 Å². The van der Waals surface area contributed by atoms with Crippen LogP contribution in [-0.4, -0.2) is 60.2 Å². The molecule has 0 aliphatic rings. The molecule has 1 aromatic heterocycles. The number of nitrogens with zero attached hydrogens (tertiary/aromatic N) is 2. The van der Waals surface area contributed by atoms with E-state index in [9.17, 15) is 14.7 Å². The number of nitrogens with one attached hydrogen (secondary N) is 1. The van der Waals surface area contributed by atoms with Crippen molar-refractivity contribution in [3.8, 4) is 28.1 Å². The van der Waals surface area contributed by atoms with Crippen LogP contribution in [0.25, 0.3) is 22.4 Å². The summed E-state index contributed by atoms with van der Waals surface area (Å²) in [5.74, 6) is -0.909. The Morgan fingerprint density at radius 3 is 2.42 bits per heavy atom. The molecule has 3 aromatic rings. The van der Waals surface area contributed by atoms with Crippen LogP contribution in [0, 0.1) is 5.41 Å². The van der Waals surface area contributed by atoms with Crippen molar-refractivity contribution in [3.05, 3.63) is 70.3 Å². The molecular formula is C31H37Cl2N3O4. The third-order valence-electron chi connectivity index (χ3n) is 7.04. The summed E-state index contributed by atoms with van der Waals surface area (Å²) in [6.07, 6.45) is 1.33. The number of benzene rings is 2. The molecule has 0 radical (unpaired) electrons. The van der Waals surface area contributed by atoms with Gasteiger partial charge in [-0.3, -0.25) is 9.59 Å². The van der Waals surface area contributed by atoms with E-state index in [-0.39, 0.29) is 12.1 Å². The lowest BCUT2D eigenvalue weighted by molar-refractivity contribution is -0.138. The van der Waals surface area contributed by atoms with Gasteiger partial charge in [0.1, 0.15) is 11.4 Å². The Bertz CT molecular complexity index is 1340. The first-order valence-corrected chi connectivity index (χ1v) is 14.0. The average molecular weight is 587 g/mol. The van der Waals surface area contributed by atoms with Crippen LogP contribution in [0.3, 0.4) is 0 Å². The highest BCUT2D eigenvalue weighted by molar-refractivity contribution is 6.33. The molecule has 1 amide bonds. The van der Waals surface area contributed by atoms with Crippen LogP contribution in [0.4, 0.5) is 0 Å². The van der Waals surface area contributed by atoms with Crippen LogP contribution in [0.15, 0.2) is 54.6 Å². The maximum atomic E-state index is 13.4. The zero-order valence-corrected chi connectivity index (χ0v) is 25.1. The summed E-state index contributed by atoms with van der Waals surface area (Å²) in [5.41, 5.74) is 2.46. The summed E-state index contributed by atoms with van der Waals surface area (Å²) in [6, 6.07) is 15.7. The summed E-state index contributed by atoms with van der Waals surface area (Å²) in [6.45, 7) is 7.22. The van der Waals surface area contributed by atoms with Crippen molar-refractivity contribution in [1.82, 2.24) is 15.2 Å². The first-order chi connectivity index (χ1) is 18.9. The van der Waals surface area contributed by atoms with Crippen LogP contribution in [0.5, 0.6) is 5.75 Å². The molecule has 0 saturated carbocycles. The number of carbonyl (C=O) groups is 2. The van der Waals surface area contributed by atoms with Gasteiger partial charge in [0.2, 0.25) is 0 Å². The average Bonchev–Trinajstić information content (AvgIpc) is 2.91. The molecule has 1 atom stereocenters. The van der Waals surface area contributed by atoms with E-state index in [1.807, 2.05) is 71.3 Å². The van der Waals surface area contributed by atoms with Gasteiger partial charge in [0.15, 0.2) is 0 Å². The number of halogens is 2. The highest BCUT2D eigenvalue weighted by Crippen LogP contribution is 2.38. The van der Waals surface area contributed by atoms with Gasteiger partial charge in [0, 0.05) is 34.3 Å². The number of carboxylic acids is 1. The summed E-state index contributed by atoms with van der Waals surface area (Å²) in [4.78, 5) is 31.8. The highest BCUT2D eigenvalue weighted by Gasteiger charge is 2.32. The number of pyridine rings is 1. The lowest BCUT2D eigenvalue weighted by atomic mass is 9.80. The van der Waals surface area contributed by atoms with E-state index in [1.165, 1.54) is 0 Å². The Balaban J connectivity index is 2.05. The van der Waals surface area contributed by atoms with Gasteiger partial charge in [-0.25, -0.2) is 4.98 Å². The summed E-state index contributed by atoms with van der Waals surface area (Å²) in [5, 5.41) is 13.4. The summed E-state index contributed by atoms with van der Waals surface area (Å²) in [7, 11) is 4.01. The van der Waals surface area contributed by atoms with E-state index >= 15 is 0 Å². The Morgan fingerprint density at radius 2 is 1.77 bits per heavy atom. The molecule has 0 saturated heterocycles. The van der Waals surface area contributed by atoms with E-state index in [0.717, 1.165) is 24.1 Å². The van der Waals surface area contributed by atoms with Crippen molar-refractivity contribution >= 4 is 35.1 Å². The van der Waals surface area contributed by atoms with Crippen molar-refractivity contribution < 1.29 is 19.4 Å². The van der Waals surface area contributed by atoms with Crippen LogP contribution >= 0.6 is 23.2 Å². The molecule has 0 bridgehead atoms. The van der Waals surface area contributed by atoms with Crippen molar-refractivity contribution in [1.29, 1.82) is 0 Å². The number of carboxylic acid groups (broad SMARTS) is 1. The lowest BCUT2D eigenvalue weighted by Crippen LogP contribution is -2.46. The van der Waals surface area contributed by atoms with E-state index in [0.29, 0.717) is 40.1 Å². The standard InChI is InChI=1S/C31H37Cl2N3O4/c1-6-31(2,3)27(19-28(37)38)35-30(39)25-15-13-22(21-10-7-8-11-23(21)32)29(34-25)20-12-14-24(33)26(18-20)40-17-9-16-36(4)5/h7-8,10-15,18,27H,6,9,16-17,19H2,1-5H3,(H,35,39)(H,37,38)/t27-/m0/s1. The maximum Gasteiger partial charge on any atom is 0.305 e. The first kappa shape index (κ1) is 31.4. The van der Waals surface area contributed by atoms with Gasteiger partial charge in [0.05, 0.1) is 23.7 Å². The number of amides is 1. The fraction of sp³-hybridized carbons (Fsp3) is 0.387. The molecule has 0 fully saturated rings. The molecular weight excluding hydrogens is 549 g/mol. The van der Waals surface area contributed by atoms with E-state index < -0.39 is 23.3 Å². The molecule has 0 spiro atoms. The molecule has 2 aromatic carbocycles. The summed E-state index contributed by atoms with van der Waals surface area (Å²) < 4.78 is 5.99. The second-order valence-corrected chi connectivity index (χ2v) is 11.5. The predicted octanol–water partition coefficient (Wildman–Crippen LogP) is 7.06. The zero-order valence-electron chi connectivity index (χ0n) is 23.6. The maximum absolute atomic E-state index is 13.4. The number of hydrogen-bond donors (Lipinski definition) is 2. The molecule has 7 nitrogen and oxygen atoms in total. The van der Waals surface area contributed by atoms with E-state index in [2.05, 4.69) is 10.2 Å². The normalized spacial score (nSPS) is 12.3. The van der Waals surface area contributed by atoms with Crippen molar-refractivity contribution in [2.75, 3.05) is 27.2 Å². The molecule has 2 N–H and O–H groups in total. The van der Waals surface area contributed by atoms with Gasteiger partial charge >= 0.3 is 5.97 Å². The van der Waals surface area contributed by atoms with Crippen molar-refractivity contribution in [3.63, 3.8) is 0 Å². The van der Waals surface area contributed by atoms with E-state index in [4.69, 9.17) is 32.9 Å². The molecule has 9 heteroatoms. The number of aliphatic carboxylic acids is 1. The number of aromatic nitrogens is 1. The molecule has 0 aliphatic carbocycles. The lowest BCUT2D eigenvalue weighted by Gasteiger charge is -2.33. The number of hydrogen-bond acceptors (Lipinski definition) is 5. The number of rotatable bonds is 13. The minimum Gasteiger partial charge on any atom is -0.492 e. The predicted molar refractivity (Wildman–Crippen MR) is 161 cm³/mol. The third-order valence-corrected chi connectivity index (χ3v) is 7.68.